The lowest BCUT2D eigenvalue weighted by Gasteiger charge is -2.20. The molecule has 0 saturated heterocycles. The second-order valence-electron chi connectivity index (χ2n) is 24.2. The predicted molar refractivity (Wildman–Crippen MR) is 338 cm³/mol. The van der Waals surface area contributed by atoms with Crippen LogP contribution in [0.4, 0.5) is 0 Å². The normalized spacial score (nSPS) is 12.6. The molecule has 0 aromatic carbocycles. The summed E-state index contributed by atoms with van der Waals surface area (Å²) in [4.78, 5) is 24.6. The topological polar surface area (TPSA) is 95.9 Å². The molecule has 0 rings (SSSR count). The van der Waals surface area contributed by atoms with Gasteiger partial charge in [0.05, 0.1) is 25.4 Å². The lowest BCUT2D eigenvalue weighted by Crippen LogP contribution is -2.45. The summed E-state index contributed by atoms with van der Waals surface area (Å²) in [5.41, 5.74) is 0. The van der Waals surface area contributed by atoms with Gasteiger partial charge in [0.15, 0.2) is 0 Å². The molecule has 0 bridgehead atoms. The number of hydrogen-bond acceptors (Lipinski definition) is 5. The Kier molecular flexibility index (Phi) is 65.4. The van der Waals surface area contributed by atoms with Crippen molar-refractivity contribution in [1.82, 2.24) is 5.32 Å². The van der Waals surface area contributed by atoms with Crippen molar-refractivity contribution in [3.05, 3.63) is 24.3 Å². The summed E-state index contributed by atoms with van der Waals surface area (Å²) in [5.74, 6) is -0.0520. The fraction of sp³-hybridized carbons (Fsp3) is 0.915. The standard InChI is InChI=1S/C71H137NO5/c1-3-5-7-9-11-13-15-17-19-21-28-31-35-39-43-47-51-55-59-63-69(74)68(67-73)72-70(75)64-60-56-52-48-44-40-36-32-29-26-24-23-25-27-30-34-38-42-46-50-54-58-62-66-77-71(76)65-61-57-53-49-45-41-37-33-22-20-18-16-14-12-10-8-6-4-2/h20,22,59,63,68-69,73-74H,3-19,21,23-58,60-62,64-67H2,1-2H3,(H,72,75)/b22-20-,63-59+. The summed E-state index contributed by atoms with van der Waals surface area (Å²) in [7, 11) is 0. The van der Waals surface area contributed by atoms with Crippen LogP contribution in [0, 0.1) is 0 Å². The number of aliphatic hydroxyl groups excluding tert-OH is 2. The molecule has 0 saturated carbocycles. The number of carbonyl (C=O) groups is 2. The number of ether oxygens (including phenoxy) is 1. The molecule has 0 aromatic heterocycles. The Morgan fingerprint density at radius 3 is 0.922 bits per heavy atom. The third kappa shape index (κ3) is 63.4. The molecule has 6 heteroatoms. The van der Waals surface area contributed by atoms with Gasteiger partial charge in [0.25, 0.3) is 0 Å². The summed E-state index contributed by atoms with van der Waals surface area (Å²) in [6, 6.07) is -0.628. The molecule has 456 valence electrons. The summed E-state index contributed by atoms with van der Waals surface area (Å²) >= 11 is 0. The smallest absolute Gasteiger partial charge is 0.305 e. The Morgan fingerprint density at radius 1 is 0.351 bits per heavy atom. The Morgan fingerprint density at radius 2 is 0.610 bits per heavy atom. The van der Waals surface area contributed by atoms with Crippen LogP contribution in [-0.2, 0) is 14.3 Å². The minimum Gasteiger partial charge on any atom is -0.466 e. The van der Waals surface area contributed by atoms with Gasteiger partial charge in [-0.15, -0.1) is 0 Å². The van der Waals surface area contributed by atoms with Crippen molar-refractivity contribution in [2.24, 2.45) is 0 Å². The molecular formula is C71H137NO5. The van der Waals surface area contributed by atoms with E-state index in [2.05, 4.69) is 31.3 Å². The molecule has 3 N–H and O–H groups in total. The van der Waals surface area contributed by atoms with Crippen LogP contribution in [0.5, 0.6) is 0 Å². The van der Waals surface area contributed by atoms with Crippen molar-refractivity contribution < 1.29 is 24.5 Å². The molecule has 6 nitrogen and oxygen atoms in total. The Hall–Kier alpha value is -1.66. The van der Waals surface area contributed by atoms with Gasteiger partial charge in [0.2, 0.25) is 5.91 Å². The van der Waals surface area contributed by atoms with Crippen LogP contribution in [0.25, 0.3) is 0 Å². The molecule has 0 radical (unpaired) electrons. The molecular weight excluding hydrogens is 947 g/mol. The first-order chi connectivity index (χ1) is 38.0. The average Bonchev–Trinajstić information content (AvgIpc) is 3.43. The Bertz CT molecular complexity index is 1200. The lowest BCUT2D eigenvalue weighted by molar-refractivity contribution is -0.143. The lowest BCUT2D eigenvalue weighted by atomic mass is 10.0. The molecule has 2 atom stereocenters. The van der Waals surface area contributed by atoms with E-state index < -0.39 is 12.1 Å². The molecule has 0 aliphatic carbocycles. The van der Waals surface area contributed by atoms with E-state index in [0.29, 0.717) is 19.4 Å². The molecule has 0 aliphatic heterocycles. The average molecular weight is 1080 g/mol. The maximum atomic E-state index is 12.5. The van der Waals surface area contributed by atoms with Gasteiger partial charge in [0.1, 0.15) is 0 Å². The third-order valence-electron chi connectivity index (χ3n) is 16.5. The van der Waals surface area contributed by atoms with Crippen molar-refractivity contribution in [3.8, 4) is 0 Å². The first-order valence-corrected chi connectivity index (χ1v) is 35.1. The zero-order chi connectivity index (χ0) is 55.7. The van der Waals surface area contributed by atoms with Crippen molar-refractivity contribution in [2.45, 2.75) is 405 Å². The highest BCUT2D eigenvalue weighted by Crippen LogP contribution is 2.19. The molecule has 0 heterocycles. The molecule has 0 aliphatic rings. The van der Waals surface area contributed by atoms with Crippen molar-refractivity contribution in [1.29, 1.82) is 0 Å². The molecule has 2 unspecified atom stereocenters. The highest BCUT2D eigenvalue weighted by Gasteiger charge is 2.18. The monoisotopic (exact) mass is 1080 g/mol. The van der Waals surface area contributed by atoms with Crippen LogP contribution in [-0.4, -0.2) is 47.4 Å². The second-order valence-corrected chi connectivity index (χ2v) is 24.2. The van der Waals surface area contributed by atoms with Crippen LogP contribution in [0.3, 0.4) is 0 Å². The van der Waals surface area contributed by atoms with E-state index in [9.17, 15) is 19.8 Å². The largest absolute Gasteiger partial charge is 0.466 e. The van der Waals surface area contributed by atoms with E-state index in [0.717, 1.165) is 44.9 Å². The fourth-order valence-corrected chi connectivity index (χ4v) is 11.1. The molecule has 0 aromatic rings. The van der Waals surface area contributed by atoms with Gasteiger partial charge in [-0.3, -0.25) is 9.59 Å². The molecule has 0 fully saturated rings. The maximum Gasteiger partial charge on any atom is 0.305 e. The quantitative estimate of drug-likeness (QED) is 0.0320. The van der Waals surface area contributed by atoms with Gasteiger partial charge in [-0.1, -0.05) is 346 Å². The predicted octanol–water partition coefficient (Wildman–Crippen LogP) is 22.5. The molecule has 0 spiro atoms. The Labute approximate surface area is 481 Å². The third-order valence-corrected chi connectivity index (χ3v) is 16.5. The maximum absolute atomic E-state index is 12.5. The SMILES string of the molecule is CCCCCCCCC/C=C\CCCCCCCCCC(=O)OCCCCCCCCCCCCCCCCCCCCCCCCCC(=O)NC(CO)C(O)/C=C/CCCCCCCCCCCCCCCCCCC. The van der Waals surface area contributed by atoms with E-state index in [1.807, 2.05) is 6.08 Å². The summed E-state index contributed by atoms with van der Waals surface area (Å²) in [6.45, 7) is 4.94. The van der Waals surface area contributed by atoms with Gasteiger partial charge in [-0.2, -0.15) is 0 Å². The van der Waals surface area contributed by atoms with E-state index >= 15 is 0 Å². The minimum absolute atomic E-state index is 0.0118. The van der Waals surface area contributed by atoms with Crippen molar-refractivity contribution in [3.63, 3.8) is 0 Å². The first-order valence-electron chi connectivity index (χ1n) is 35.1. The van der Waals surface area contributed by atoms with E-state index in [1.165, 1.54) is 321 Å². The van der Waals surface area contributed by atoms with Gasteiger partial charge in [-0.25, -0.2) is 0 Å². The number of allylic oxidation sites excluding steroid dienone is 3. The zero-order valence-corrected chi connectivity index (χ0v) is 52.2. The fourth-order valence-electron chi connectivity index (χ4n) is 11.1. The highest BCUT2D eigenvalue weighted by molar-refractivity contribution is 5.76. The number of hydrogen-bond donors (Lipinski definition) is 3. The number of amides is 1. The number of carbonyl (C=O) groups excluding carboxylic acids is 2. The number of unbranched alkanes of at least 4 members (excludes halogenated alkanes) is 53. The summed E-state index contributed by atoms with van der Waals surface area (Å²) < 4.78 is 5.50. The van der Waals surface area contributed by atoms with Crippen LogP contribution in [0.15, 0.2) is 24.3 Å². The van der Waals surface area contributed by atoms with E-state index in [-0.39, 0.29) is 18.5 Å². The number of rotatable bonds is 66. The minimum atomic E-state index is -0.845. The highest BCUT2D eigenvalue weighted by atomic mass is 16.5. The van der Waals surface area contributed by atoms with Gasteiger partial charge in [0, 0.05) is 12.8 Å². The van der Waals surface area contributed by atoms with Gasteiger partial charge < -0.3 is 20.3 Å². The van der Waals surface area contributed by atoms with Gasteiger partial charge in [-0.05, 0) is 57.8 Å². The Balaban J connectivity index is 3.38. The molecule has 1 amide bonds. The van der Waals surface area contributed by atoms with E-state index in [1.54, 1.807) is 6.08 Å². The van der Waals surface area contributed by atoms with Crippen LogP contribution >= 0.6 is 0 Å². The molecule has 77 heavy (non-hydrogen) atoms. The van der Waals surface area contributed by atoms with E-state index in [4.69, 9.17) is 4.74 Å². The van der Waals surface area contributed by atoms with Crippen LogP contribution in [0.1, 0.15) is 393 Å². The van der Waals surface area contributed by atoms with Crippen LogP contribution < -0.4 is 5.32 Å². The second kappa shape index (κ2) is 66.8. The van der Waals surface area contributed by atoms with Gasteiger partial charge >= 0.3 is 5.97 Å². The number of nitrogens with one attached hydrogen (secondary N) is 1. The summed E-state index contributed by atoms with van der Waals surface area (Å²) in [6.07, 6.45) is 83.9. The zero-order valence-electron chi connectivity index (χ0n) is 52.2. The number of esters is 1. The van der Waals surface area contributed by atoms with Crippen molar-refractivity contribution in [2.75, 3.05) is 13.2 Å². The first kappa shape index (κ1) is 75.3. The van der Waals surface area contributed by atoms with Crippen LogP contribution in [0.2, 0.25) is 0 Å². The number of aliphatic hydroxyl groups is 2. The van der Waals surface area contributed by atoms with Crippen molar-refractivity contribution >= 4 is 11.9 Å². The summed E-state index contributed by atoms with van der Waals surface area (Å²) in [5, 5.41) is 23.2.